The Morgan fingerprint density at radius 1 is 1.00 bits per heavy atom. The van der Waals surface area contributed by atoms with Crippen LogP contribution in [0.1, 0.15) is 0 Å². The normalized spacial score (nSPS) is 18.3. The average molecular weight is 454 g/mol. The Kier molecular flexibility index (Phi) is 3.51. The fourth-order valence-electron chi connectivity index (χ4n) is 1.84. The van der Waals surface area contributed by atoms with Crippen LogP contribution in [0.15, 0.2) is 61.2 Å². The van der Waals surface area contributed by atoms with Crippen molar-refractivity contribution in [2.75, 3.05) is 0 Å². The summed E-state index contributed by atoms with van der Waals surface area (Å²) in [5.41, 5.74) is 0. The van der Waals surface area contributed by atoms with Crippen LogP contribution in [0.2, 0.25) is 0 Å². The zero-order valence-corrected chi connectivity index (χ0v) is 14.8. The fourth-order valence-corrected chi connectivity index (χ4v) is 9.25. The molecule has 0 saturated carbocycles. The van der Waals surface area contributed by atoms with Gasteiger partial charge in [0.1, 0.15) is 0 Å². The third-order valence-electron chi connectivity index (χ3n) is 2.74. The molecule has 0 unspecified atom stereocenters. The number of fused-ring (bicyclic) bond motifs is 1. The van der Waals surface area contributed by atoms with Gasteiger partial charge in [0.2, 0.25) is 0 Å². The standard InChI is InChI=1S/C12H9Br2NOSSe/c13-8-1-4-10(5-2-8)17(16)11-6-3-9(14)7-12(11)18-15-17/h1-7,17H,(H,15,16). The average Bonchev–Trinajstić information content (AvgIpc) is 2.68. The molecule has 0 aromatic heterocycles. The van der Waals surface area contributed by atoms with Crippen molar-refractivity contribution < 1.29 is 4.21 Å². The number of benzene rings is 2. The Hall–Kier alpha value is 0.0295. The van der Waals surface area contributed by atoms with E-state index in [0.29, 0.717) is 0 Å². The van der Waals surface area contributed by atoms with Crippen LogP contribution < -0.4 is 8.20 Å². The van der Waals surface area contributed by atoms with Crippen molar-refractivity contribution in [3.05, 3.63) is 51.4 Å². The first-order valence-electron chi connectivity index (χ1n) is 5.20. The number of nitrogens with one attached hydrogen (secondary N) is 1. The number of rotatable bonds is 1. The van der Waals surface area contributed by atoms with Gasteiger partial charge in [-0.2, -0.15) is 0 Å². The summed E-state index contributed by atoms with van der Waals surface area (Å²) in [6.45, 7) is 0. The van der Waals surface area contributed by atoms with E-state index in [2.05, 4.69) is 41.7 Å². The van der Waals surface area contributed by atoms with E-state index in [4.69, 9.17) is 0 Å². The van der Waals surface area contributed by atoms with Crippen molar-refractivity contribution in [3.8, 4) is 0 Å². The number of halogens is 2. The van der Waals surface area contributed by atoms with Gasteiger partial charge in [-0.3, -0.25) is 0 Å². The second kappa shape index (κ2) is 4.85. The molecule has 0 fully saturated rings. The van der Waals surface area contributed by atoms with E-state index in [9.17, 15) is 4.21 Å². The molecule has 0 spiro atoms. The Morgan fingerprint density at radius 2 is 1.67 bits per heavy atom. The van der Waals surface area contributed by atoms with E-state index in [1.54, 1.807) is 0 Å². The SMILES string of the molecule is O=[SH]1(c2ccc(Br)cc2)N[Se]c2cc(Br)ccc21. The molecule has 1 aliphatic heterocycles. The molecule has 1 aliphatic rings. The molecular weight excluding hydrogens is 445 g/mol. The molecule has 0 amide bonds. The predicted octanol–water partition coefficient (Wildman–Crippen LogP) is 2.41. The first-order valence-corrected chi connectivity index (χ1v) is 10.2. The summed E-state index contributed by atoms with van der Waals surface area (Å²) in [6.07, 6.45) is 0. The van der Waals surface area contributed by atoms with Crippen LogP contribution in [0.5, 0.6) is 0 Å². The van der Waals surface area contributed by atoms with Gasteiger partial charge in [0.05, 0.1) is 0 Å². The van der Waals surface area contributed by atoms with Gasteiger partial charge in [-0.1, -0.05) is 0 Å². The maximum absolute atomic E-state index is 13.1. The Labute approximate surface area is 130 Å². The van der Waals surface area contributed by atoms with E-state index in [0.717, 1.165) is 18.7 Å². The van der Waals surface area contributed by atoms with Crippen molar-refractivity contribution in [2.24, 2.45) is 0 Å². The summed E-state index contributed by atoms with van der Waals surface area (Å²) in [5.74, 6) is 0. The second-order valence-electron chi connectivity index (χ2n) is 3.89. The Bertz CT molecular complexity index is 660. The van der Waals surface area contributed by atoms with Crippen molar-refractivity contribution in [3.63, 3.8) is 0 Å². The van der Waals surface area contributed by atoms with E-state index in [-0.39, 0.29) is 15.2 Å². The molecule has 6 heteroatoms. The molecule has 0 saturated heterocycles. The van der Waals surface area contributed by atoms with Crippen LogP contribution >= 0.6 is 31.9 Å². The quantitative estimate of drug-likeness (QED) is 0.504. The van der Waals surface area contributed by atoms with Crippen LogP contribution in [0.25, 0.3) is 0 Å². The summed E-state index contributed by atoms with van der Waals surface area (Å²) in [5, 5.41) is 0. The molecule has 94 valence electrons. The molecule has 2 nitrogen and oxygen atoms in total. The molecule has 0 radical (unpaired) electrons. The van der Waals surface area contributed by atoms with Gasteiger partial charge in [0.15, 0.2) is 0 Å². The minimum atomic E-state index is -2.62. The molecule has 3 rings (SSSR count). The van der Waals surface area contributed by atoms with Gasteiger partial charge in [0, 0.05) is 0 Å². The van der Waals surface area contributed by atoms with Crippen LogP contribution in [0.3, 0.4) is 0 Å². The van der Waals surface area contributed by atoms with Crippen molar-refractivity contribution >= 4 is 61.6 Å². The summed E-state index contributed by atoms with van der Waals surface area (Å²) in [6, 6.07) is 13.7. The van der Waals surface area contributed by atoms with Crippen LogP contribution in [0.4, 0.5) is 0 Å². The molecule has 0 atom stereocenters. The van der Waals surface area contributed by atoms with Gasteiger partial charge < -0.3 is 0 Å². The van der Waals surface area contributed by atoms with E-state index < -0.39 is 10.1 Å². The summed E-state index contributed by atoms with van der Waals surface area (Å²) in [7, 11) is -2.62. The molecule has 0 bridgehead atoms. The molecule has 2 aromatic rings. The molecule has 1 heterocycles. The van der Waals surface area contributed by atoms with Gasteiger partial charge in [0.25, 0.3) is 0 Å². The van der Waals surface area contributed by atoms with Crippen LogP contribution in [-0.4, -0.2) is 19.4 Å². The molecule has 18 heavy (non-hydrogen) atoms. The van der Waals surface area contributed by atoms with Gasteiger partial charge in [-0.05, 0) is 0 Å². The Morgan fingerprint density at radius 3 is 2.39 bits per heavy atom. The van der Waals surface area contributed by atoms with E-state index >= 15 is 0 Å². The number of hydrogen-bond donors (Lipinski definition) is 2. The van der Waals surface area contributed by atoms with Gasteiger partial charge in [-0.25, -0.2) is 0 Å². The Balaban J connectivity index is 2.14. The predicted molar refractivity (Wildman–Crippen MR) is 82.9 cm³/mol. The van der Waals surface area contributed by atoms with Crippen LogP contribution in [0, 0.1) is 0 Å². The number of thiol groups is 1. The third-order valence-corrected chi connectivity index (χ3v) is 9.90. The van der Waals surface area contributed by atoms with Gasteiger partial charge in [-0.15, -0.1) is 0 Å². The zero-order valence-electron chi connectivity index (χ0n) is 9.06. The topological polar surface area (TPSA) is 29.1 Å². The first kappa shape index (κ1) is 13.0. The monoisotopic (exact) mass is 453 g/mol. The third kappa shape index (κ3) is 2.15. The second-order valence-corrected chi connectivity index (χ2v) is 10.6. The maximum atomic E-state index is 13.1. The molecule has 0 aliphatic carbocycles. The van der Waals surface area contributed by atoms with E-state index in [1.165, 1.54) is 4.46 Å². The molecule has 1 N–H and O–H groups in total. The molecular formula is C12H9Br2NOSSe. The number of hydrogen-bond acceptors (Lipinski definition) is 1. The fraction of sp³-hybridized carbons (Fsp3) is 0. The minimum absolute atomic E-state index is 0.0711. The summed E-state index contributed by atoms with van der Waals surface area (Å²) < 4.78 is 19.6. The first-order chi connectivity index (χ1) is 8.59. The summed E-state index contributed by atoms with van der Waals surface area (Å²) in [4.78, 5) is 1.82. The molecule has 2 aromatic carbocycles. The van der Waals surface area contributed by atoms with E-state index in [1.807, 2.05) is 36.4 Å². The van der Waals surface area contributed by atoms with Crippen molar-refractivity contribution in [1.29, 1.82) is 0 Å². The zero-order chi connectivity index (χ0) is 12.8. The van der Waals surface area contributed by atoms with Crippen molar-refractivity contribution in [2.45, 2.75) is 9.79 Å². The van der Waals surface area contributed by atoms with Crippen LogP contribution in [-0.2, 0) is 10.1 Å². The summed E-state index contributed by atoms with van der Waals surface area (Å²) >= 11 is 6.93. The van der Waals surface area contributed by atoms with Gasteiger partial charge >= 0.3 is 131 Å². The van der Waals surface area contributed by atoms with Crippen molar-refractivity contribution in [1.82, 2.24) is 3.74 Å².